The summed E-state index contributed by atoms with van der Waals surface area (Å²) in [6.07, 6.45) is 0.940. The van der Waals surface area contributed by atoms with E-state index in [9.17, 15) is 9.18 Å². The second kappa shape index (κ2) is 5.29. The molecule has 0 aliphatic rings. The van der Waals surface area contributed by atoms with Gasteiger partial charge in [0.1, 0.15) is 5.82 Å². The molecule has 0 saturated heterocycles. The standard InChI is InChI=1S/C9H12FN3O/c10-7-3-1-4-8(12-7)13-9(14)5-2-6-11/h1,3-4H,2,5-6,11H2,(H,12,13,14). The molecule has 0 atom stereocenters. The third-order valence-corrected chi connectivity index (χ3v) is 1.59. The summed E-state index contributed by atoms with van der Waals surface area (Å²) in [5.74, 6) is -0.581. The molecule has 76 valence electrons. The predicted molar refractivity (Wildman–Crippen MR) is 51.1 cm³/mol. The third-order valence-electron chi connectivity index (χ3n) is 1.59. The Morgan fingerprint density at radius 3 is 3.00 bits per heavy atom. The van der Waals surface area contributed by atoms with Gasteiger partial charge in [0.05, 0.1) is 0 Å². The van der Waals surface area contributed by atoms with E-state index in [1.165, 1.54) is 18.2 Å². The van der Waals surface area contributed by atoms with Crippen molar-refractivity contribution in [1.82, 2.24) is 4.98 Å². The molecule has 0 unspecified atom stereocenters. The van der Waals surface area contributed by atoms with Gasteiger partial charge >= 0.3 is 0 Å². The average molecular weight is 197 g/mol. The lowest BCUT2D eigenvalue weighted by molar-refractivity contribution is -0.116. The van der Waals surface area contributed by atoms with E-state index in [0.29, 0.717) is 19.4 Å². The zero-order valence-corrected chi connectivity index (χ0v) is 7.66. The number of carbonyl (C=O) groups excluding carboxylic acids is 1. The van der Waals surface area contributed by atoms with E-state index in [0.717, 1.165) is 0 Å². The van der Waals surface area contributed by atoms with Crippen LogP contribution in [0, 0.1) is 5.95 Å². The summed E-state index contributed by atoms with van der Waals surface area (Å²) in [7, 11) is 0. The van der Waals surface area contributed by atoms with Crippen LogP contribution in [-0.4, -0.2) is 17.4 Å². The van der Waals surface area contributed by atoms with Crippen molar-refractivity contribution in [2.24, 2.45) is 5.73 Å². The number of rotatable bonds is 4. The van der Waals surface area contributed by atoms with E-state index < -0.39 is 5.95 Å². The number of aromatic nitrogens is 1. The molecular weight excluding hydrogens is 185 g/mol. The number of halogens is 1. The van der Waals surface area contributed by atoms with Crippen LogP contribution in [0.2, 0.25) is 0 Å². The first-order valence-corrected chi connectivity index (χ1v) is 4.35. The molecule has 0 spiro atoms. The summed E-state index contributed by atoms with van der Waals surface area (Å²) < 4.78 is 12.6. The Bertz CT molecular complexity index is 317. The summed E-state index contributed by atoms with van der Waals surface area (Å²) in [5.41, 5.74) is 5.24. The van der Waals surface area contributed by atoms with E-state index in [1.54, 1.807) is 0 Å². The molecule has 0 aliphatic carbocycles. The minimum Gasteiger partial charge on any atom is -0.330 e. The lowest BCUT2D eigenvalue weighted by atomic mass is 10.3. The van der Waals surface area contributed by atoms with E-state index in [4.69, 9.17) is 5.73 Å². The monoisotopic (exact) mass is 197 g/mol. The van der Waals surface area contributed by atoms with Crippen LogP contribution in [0.4, 0.5) is 10.2 Å². The second-order valence-electron chi connectivity index (χ2n) is 2.79. The van der Waals surface area contributed by atoms with E-state index in [1.807, 2.05) is 0 Å². The topological polar surface area (TPSA) is 68.0 Å². The summed E-state index contributed by atoms with van der Waals surface area (Å²) in [5, 5.41) is 2.47. The Labute approximate surface area is 81.3 Å². The Kier molecular flexibility index (Phi) is 4.00. The van der Waals surface area contributed by atoms with Gasteiger partial charge in [0.2, 0.25) is 11.9 Å². The van der Waals surface area contributed by atoms with Crippen molar-refractivity contribution in [2.75, 3.05) is 11.9 Å². The zero-order chi connectivity index (χ0) is 10.4. The first-order chi connectivity index (χ1) is 6.72. The molecule has 4 nitrogen and oxygen atoms in total. The minimum absolute atomic E-state index is 0.200. The fraction of sp³-hybridized carbons (Fsp3) is 0.333. The molecule has 1 aromatic heterocycles. The number of nitrogens with two attached hydrogens (primary N) is 1. The van der Waals surface area contributed by atoms with Crippen molar-refractivity contribution in [3.63, 3.8) is 0 Å². The number of hydrogen-bond donors (Lipinski definition) is 2. The van der Waals surface area contributed by atoms with Crippen LogP contribution < -0.4 is 11.1 Å². The molecular formula is C9H12FN3O. The SMILES string of the molecule is NCCCC(=O)Nc1cccc(F)n1. The van der Waals surface area contributed by atoms with Gasteiger partial charge in [0, 0.05) is 6.42 Å². The summed E-state index contributed by atoms with van der Waals surface area (Å²) in [6.45, 7) is 0.462. The smallest absolute Gasteiger partial charge is 0.225 e. The van der Waals surface area contributed by atoms with E-state index in [2.05, 4.69) is 10.3 Å². The van der Waals surface area contributed by atoms with E-state index >= 15 is 0 Å². The maximum atomic E-state index is 12.6. The molecule has 14 heavy (non-hydrogen) atoms. The fourth-order valence-corrected chi connectivity index (χ4v) is 0.946. The molecule has 1 heterocycles. The number of anilines is 1. The van der Waals surface area contributed by atoms with Crippen LogP contribution in [0.1, 0.15) is 12.8 Å². The largest absolute Gasteiger partial charge is 0.330 e. The summed E-state index contributed by atoms with van der Waals surface area (Å²) in [6, 6.07) is 4.24. The molecule has 0 saturated carbocycles. The van der Waals surface area contributed by atoms with E-state index in [-0.39, 0.29) is 11.7 Å². The fourth-order valence-electron chi connectivity index (χ4n) is 0.946. The molecule has 0 radical (unpaired) electrons. The predicted octanol–water partition coefficient (Wildman–Crippen LogP) is 0.898. The average Bonchev–Trinajstić information content (AvgIpc) is 2.15. The molecule has 0 aromatic carbocycles. The molecule has 1 aromatic rings. The quantitative estimate of drug-likeness (QED) is 0.704. The van der Waals surface area contributed by atoms with Gasteiger partial charge in [0.25, 0.3) is 0 Å². The van der Waals surface area contributed by atoms with Crippen molar-refractivity contribution >= 4 is 11.7 Å². The zero-order valence-electron chi connectivity index (χ0n) is 7.66. The number of hydrogen-bond acceptors (Lipinski definition) is 3. The Balaban J connectivity index is 2.47. The number of nitrogens with zero attached hydrogens (tertiary/aromatic N) is 1. The Morgan fingerprint density at radius 2 is 2.36 bits per heavy atom. The Hall–Kier alpha value is -1.49. The van der Waals surface area contributed by atoms with Crippen molar-refractivity contribution < 1.29 is 9.18 Å². The summed E-state index contributed by atoms with van der Waals surface area (Å²) in [4.78, 5) is 14.6. The van der Waals surface area contributed by atoms with Gasteiger partial charge in [-0.1, -0.05) is 6.07 Å². The lowest BCUT2D eigenvalue weighted by Gasteiger charge is -2.02. The molecule has 3 N–H and O–H groups in total. The lowest BCUT2D eigenvalue weighted by Crippen LogP contribution is -2.14. The molecule has 0 aliphatic heterocycles. The highest BCUT2D eigenvalue weighted by atomic mass is 19.1. The molecule has 5 heteroatoms. The first-order valence-electron chi connectivity index (χ1n) is 4.35. The first kappa shape index (κ1) is 10.6. The van der Waals surface area contributed by atoms with Gasteiger partial charge in [-0.3, -0.25) is 4.79 Å². The van der Waals surface area contributed by atoms with Crippen molar-refractivity contribution in [2.45, 2.75) is 12.8 Å². The number of pyridine rings is 1. The maximum Gasteiger partial charge on any atom is 0.225 e. The number of carbonyl (C=O) groups is 1. The van der Waals surface area contributed by atoms with Crippen molar-refractivity contribution in [3.05, 3.63) is 24.1 Å². The third kappa shape index (κ3) is 3.49. The molecule has 0 fully saturated rings. The van der Waals surface area contributed by atoms with Gasteiger partial charge in [-0.25, -0.2) is 4.98 Å². The van der Waals surface area contributed by atoms with Crippen LogP contribution in [0.5, 0.6) is 0 Å². The van der Waals surface area contributed by atoms with Gasteiger partial charge in [-0.15, -0.1) is 0 Å². The number of amides is 1. The maximum absolute atomic E-state index is 12.6. The molecule has 1 amide bonds. The number of nitrogens with one attached hydrogen (secondary N) is 1. The summed E-state index contributed by atoms with van der Waals surface area (Å²) >= 11 is 0. The van der Waals surface area contributed by atoms with Crippen LogP contribution >= 0.6 is 0 Å². The van der Waals surface area contributed by atoms with Gasteiger partial charge in [0.15, 0.2) is 0 Å². The van der Waals surface area contributed by atoms with Crippen LogP contribution in [0.3, 0.4) is 0 Å². The highest BCUT2D eigenvalue weighted by molar-refractivity contribution is 5.89. The Morgan fingerprint density at radius 1 is 1.57 bits per heavy atom. The van der Waals surface area contributed by atoms with Crippen molar-refractivity contribution in [1.29, 1.82) is 0 Å². The molecule has 0 bridgehead atoms. The van der Waals surface area contributed by atoms with Crippen LogP contribution in [0.25, 0.3) is 0 Å². The molecule has 1 rings (SSSR count). The van der Waals surface area contributed by atoms with Crippen molar-refractivity contribution in [3.8, 4) is 0 Å². The van der Waals surface area contributed by atoms with Gasteiger partial charge in [-0.05, 0) is 25.1 Å². The minimum atomic E-state index is -0.610. The van der Waals surface area contributed by atoms with Crippen LogP contribution in [0.15, 0.2) is 18.2 Å². The highest BCUT2D eigenvalue weighted by Gasteiger charge is 2.02. The van der Waals surface area contributed by atoms with Gasteiger partial charge < -0.3 is 11.1 Å². The normalized spacial score (nSPS) is 9.86. The second-order valence-corrected chi connectivity index (χ2v) is 2.79. The van der Waals surface area contributed by atoms with Gasteiger partial charge in [-0.2, -0.15) is 4.39 Å². The van der Waals surface area contributed by atoms with Crippen LogP contribution in [-0.2, 0) is 4.79 Å². The highest BCUT2D eigenvalue weighted by Crippen LogP contribution is 2.04.